The normalized spacial score (nSPS) is 11.3. The molecule has 0 N–H and O–H groups in total. The van der Waals surface area contributed by atoms with Crippen LogP contribution >= 0.6 is 0 Å². The highest BCUT2D eigenvalue weighted by Gasteiger charge is 2.18. The molecule has 6 heterocycles. The fourth-order valence-corrected chi connectivity index (χ4v) is 14.8. The van der Waals surface area contributed by atoms with Gasteiger partial charge in [-0.3, -0.25) is 0 Å². The molecule has 0 amide bonds. The summed E-state index contributed by atoms with van der Waals surface area (Å²) >= 11 is 0. The quantitative estimate of drug-likeness (QED) is 0.108. The Hall–Kier alpha value is -12.9. The molecule has 0 aliphatic rings. The van der Waals surface area contributed by atoms with Crippen LogP contribution in [-0.4, -0.2) is 42.9 Å². The fourth-order valence-electron chi connectivity index (χ4n) is 14.8. The zero-order valence-electron chi connectivity index (χ0n) is 59.3. The van der Waals surface area contributed by atoms with Crippen LogP contribution in [0.25, 0.3) is 166 Å². The molecule has 18 aromatic rings. The number of benzene rings is 12. The molecule has 0 unspecified atom stereocenters. The molecule has 6 aromatic heterocycles. The highest BCUT2D eigenvalue weighted by molar-refractivity contribution is 6.12. The molecule has 8 nitrogen and oxygen atoms in total. The predicted octanol–water partition coefficient (Wildman–Crippen LogP) is 25.0. The Kier molecular flexibility index (Phi) is 18.3. The van der Waals surface area contributed by atoms with Crippen molar-refractivity contribution in [2.45, 2.75) is 47.3 Å². The fraction of sp³-hybridized carbons (Fsp3) is 0.0938. The van der Waals surface area contributed by atoms with Gasteiger partial charge in [0.25, 0.3) is 0 Å². The van der Waals surface area contributed by atoms with Gasteiger partial charge >= 0.3 is 0 Å². The molecular weight excluding hydrogens is 1270 g/mol. The number of nitrogens with zero attached hydrogens (tertiary/aromatic N) is 6. The summed E-state index contributed by atoms with van der Waals surface area (Å²) in [4.78, 5) is 15.1. The first kappa shape index (κ1) is 65.7. The van der Waals surface area contributed by atoms with Gasteiger partial charge in [0.15, 0.2) is 0 Å². The van der Waals surface area contributed by atoms with Crippen molar-refractivity contribution < 1.29 is 9.47 Å². The van der Waals surface area contributed by atoms with E-state index in [2.05, 4.69) is 327 Å². The van der Waals surface area contributed by atoms with Crippen LogP contribution in [0.5, 0.6) is 11.5 Å². The summed E-state index contributed by atoms with van der Waals surface area (Å²) in [6.07, 6.45) is 0. The molecule has 0 saturated heterocycles. The van der Waals surface area contributed by atoms with Gasteiger partial charge in [0, 0.05) is 118 Å². The first-order valence-corrected chi connectivity index (χ1v) is 35.8. The van der Waals surface area contributed by atoms with Crippen molar-refractivity contribution in [2.24, 2.45) is 0 Å². The molecular formula is C96H78N6O2. The summed E-state index contributed by atoms with van der Waals surface area (Å²) in [6, 6.07) is 116. The van der Waals surface area contributed by atoms with Crippen LogP contribution < -0.4 is 9.47 Å². The number of para-hydroxylation sites is 3. The topological polar surface area (TPSA) is 71.9 Å². The minimum Gasteiger partial charge on any atom is -0.497 e. The number of pyridine rings is 3. The SMILES string of the molecule is CCn1c2ccccc2c2cc(-c3cc(-c4ccc(C)cc4)nc(-c4ccc(OC)cc4)c3)ccc21.CCn1c2ccccc2c2cc(-c3cc(-c4ccccc4)nc(-c4ccc(OC)cc4)c3)ccc21.CCn1c2ccccc2c2cc(-c3cc(-c4ccccc4)nc(-c4ccccc4)c3)ccc21. The van der Waals surface area contributed by atoms with E-state index in [1.54, 1.807) is 14.2 Å². The van der Waals surface area contributed by atoms with Gasteiger partial charge in [-0.05, 0) is 201 Å². The van der Waals surface area contributed by atoms with E-state index in [4.69, 9.17) is 24.4 Å². The lowest BCUT2D eigenvalue weighted by atomic mass is 9.98. The maximum absolute atomic E-state index is 5.37. The van der Waals surface area contributed by atoms with Gasteiger partial charge < -0.3 is 23.2 Å². The van der Waals surface area contributed by atoms with Crippen LogP contribution in [0, 0.1) is 6.92 Å². The van der Waals surface area contributed by atoms with Crippen molar-refractivity contribution in [2.75, 3.05) is 14.2 Å². The summed E-state index contributed by atoms with van der Waals surface area (Å²) in [6.45, 7) is 11.6. The van der Waals surface area contributed by atoms with Crippen molar-refractivity contribution in [1.82, 2.24) is 28.7 Å². The Balaban J connectivity index is 0.000000120. The van der Waals surface area contributed by atoms with Gasteiger partial charge in [0.05, 0.1) is 48.4 Å². The second-order valence-electron chi connectivity index (χ2n) is 26.3. The molecule has 8 heteroatoms. The lowest BCUT2D eigenvalue weighted by Gasteiger charge is -2.11. The van der Waals surface area contributed by atoms with Crippen molar-refractivity contribution in [3.05, 3.63) is 333 Å². The van der Waals surface area contributed by atoms with E-state index < -0.39 is 0 Å². The van der Waals surface area contributed by atoms with E-state index >= 15 is 0 Å². The van der Waals surface area contributed by atoms with Crippen LogP contribution in [0.3, 0.4) is 0 Å². The molecule has 12 aromatic carbocycles. The third-order valence-corrected chi connectivity index (χ3v) is 20.1. The van der Waals surface area contributed by atoms with Gasteiger partial charge in [-0.15, -0.1) is 0 Å². The lowest BCUT2D eigenvalue weighted by molar-refractivity contribution is 0.415. The van der Waals surface area contributed by atoms with Crippen molar-refractivity contribution in [3.63, 3.8) is 0 Å². The third-order valence-electron chi connectivity index (χ3n) is 20.1. The van der Waals surface area contributed by atoms with Crippen LogP contribution in [0.4, 0.5) is 0 Å². The Morgan fingerprint density at radius 2 is 0.452 bits per heavy atom. The largest absolute Gasteiger partial charge is 0.497 e. The van der Waals surface area contributed by atoms with E-state index in [9.17, 15) is 0 Å². The van der Waals surface area contributed by atoms with Gasteiger partial charge in [-0.2, -0.15) is 0 Å². The molecule has 0 bridgehead atoms. The van der Waals surface area contributed by atoms with Crippen molar-refractivity contribution in [3.8, 4) is 112 Å². The predicted molar refractivity (Wildman–Crippen MR) is 436 cm³/mol. The molecule has 104 heavy (non-hydrogen) atoms. The molecule has 0 radical (unpaired) electrons. The van der Waals surface area contributed by atoms with E-state index in [0.29, 0.717) is 0 Å². The zero-order valence-corrected chi connectivity index (χ0v) is 59.3. The zero-order chi connectivity index (χ0) is 70.6. The highest BCUT2D eigenvalue weighted by Crippen LogP contribution is 2.40. The number of ether oxygens (including phenoxy) is 2. The first-order chi connectivity index (χ1) is 51.2. The molecule has 0 atom stereocenters. The van der Waals surface area contributed by atoms with Crippen LogP contribution in [-0.2, 0) is 19.6 Å². The van der Waals surface area contributed by atoms with Crippen LogP contribution in [0.1, 0.15) is 26.3 Å². The number of hydrogen-bond donors (Lipinski definition) is 0. The minimum atomic E-state index is 0.839. The standard InChI is InChI=1S/C33H28N2O.C32H26N2O.C31H24N2/c1-4-35-32-8-6-5-7-28(32)29-19-25(15-18-33(29)35)26-20-30(23-11-9-22(2)10-12-23)34-31(21-26)24-13-16-27(36-3)17-14-24;1-3-34-31-12-8-7-11-27(31)28-19-24(15-18-32(28)34)25-20-29(22-9-5-4-6-10-22)33-30(21-25)23-13-16-26(35-2)17-14-23;1-2-33-30-16-10-9-15-26(30)27-19-24(17-18-31(27)33)25-20-28(22-11-5-3-6-12-22)32-29(21-25)23-13-7-4-8-14-23/h5-21H,4H2,1-3H3;4-21H,3H2,1-2H3;3-21H,2H2,1H3. The lowest BCUT2D eigenvalue weighted by Crippen LogP contribution is -1.93. The average Bonchev–Trinajstić information content (AvgIpc) is 1.59. The second kappa shape index (κ2) is 29.0. The minimum absolute atomic E-state index is 0.839. The number of hydrogen-bond acceptors (Lipinski definition) is 5. The average molecular weight is 1350 g/mol. The van der Waals surface area contributed by atoms with Gasteiger partial charge in [-0.25, -0.2) is 15.0 Å². The van der Waals surface area contributed by atoms with Gasteiger partial charge in [-0.1, -0.05) is 194 Å². The number of rotatable bonds is 14. The van der Waals surface area contributed by atoms with Gasteiger partial charge in [0.2, 0.25) is 0 Å². The molecule has 18 rings (SSSR count). The summed E-state index contributed by atoms with van der Waals surface area (Å²) in [5.41, 5.74) is 28.4. The van der Waals surface area contributed by atoms with E-state index in [1.165, 1.54) is 93.2 Å². The molecule has 504 valence electrons. The third kappa shape index (κ3) is 12.9. The van der Waals surface area contributed by atoms with E-state index in [0.717, 1.165) is 110 Å². The maximum Gasteiger partial charge on any atom is 0.118 e. The highest BCUT2D eigenvalue weighted by atomic mass is 16.5. The molecule has 0 fully saturated rings. The van der Waals surface area contributed by atoms with Crippen molar-refractivity contribution in [1.29, 1.82) is 0 Å². The molecule has 0 spiro atoms. The smallest absolute Gasteiger partial charge is 0.118 e. The second-order valence-corrected chi connectivity index (χ2v) is 26.3. The maximum atomic E-state index is 5.37. The summed E-state index contributed by atoms with van der Waals surface area (Å²) in [7, 11) is 3.38. The first-order valence-electron chi connectivity index (χ1n) is 35.8. The number of aryl methyl sites for hydroxylation is 4. The Morgan fingerprint density at radius 3 is 0.721 bits per heavy atom. The summed E-state index contributed by atoms with van der Waals surface area (Å²) in [5.74, 6) is 1.68. The van der Waals surface area contributed by atoms with Crippen LogP contribution in [0.2, 0.25) is 0 Å². The summed E-state index contributed by atoms with van der Waals surface area (Å²) in [5, 5.41) is 7.74. The summed E-state index contributed by atoms with van der Waals surface area (Å²) < 4.78 is 17.9. The van der Waals surface area contributed by atoms with Crippen LogP contribution in [0.15, 0.2) is 328 Å². The Morgan fingerprint density at radius 1 is 0.221 bits per heavy atom. The molecule has 0 saturated carbocycles. The van der Waals surface area contributed by atoms with Gasteiger partial charge in [0.1, 0.15) is 11.5 Å². The number of methoxy groups -OCH3 is 2. The van der Waals surface area contributed by atoms with E-state index in [1.807, 2.05) is 42.5 Å². The Bertz CT molecular complexity index is 6060. The molecule has 0 aliphatic heterocycles. The number of fused-ring (bicyclic) bond motifs is 9. The molecule has 0 aliphatic carbocycles. The Labute approximate surface area is 607 Å². The number of aromatic nitrogens is 6. The van der Waals surface area contributed by atoms with Crippen molar-refractivity contribution >= 4 is 65.4 Å². The van der Waals surface area contributed by atoms with E-state index in [-0.39, 0.29) is 0 Å². The monoisotopic (exact) mass is 1350 g/mol.